The minimum absolute atomic E-state index is 0.319. The van der Waals surface area contributed by atoms with Gasteiger partial charge in [-0.3, -0.25) is 0 Å². The molecular formula is C14H14FNOS. The molecule has 0 aliphatic carbocycles. The van der Waals surface area contributed by atoms with E-state index in [1.807, 2.05) is 30.3 Å². The van der Waals surface area contributed by atoms with E-state index in [-0.39, 0.29) is 5.82 Å². The topological polar surface area (TPSA) is 35.2 Å². The third-order valence-electron chi connectivity index (χ3n) is 2.31. The number of nitrogens with two attached hydrogens (primary N) is 1. The van der Waals surface area contributed by atoms with Crippen molar-refractivity contribution in [2.24, 2.45) is 0 Å². The van der Waals surface area contributed by atoms with Crippen molar-refractivity contribution in [1.82, 2.24) is 0 Å². The summed E-state index contributed by atoms with van der Waals surface area (Å²) in [5.41, 5.74) is 7.11. The molecule has 0 aliphatic rings. The van der Waals surface area contributed by atoms with Crippen molar-refractivity contribution in [2.75, 3.05) is 11.7 Å². The molecule has 2 rings (SSSR count). The number of thioether (sulfide) groups is 1. The van der Waals surface area contributed by atoms with Gasteiger partial charge in [0.15, 0.2) is 0 Å². The fraction of sp³-hybridized carbons (Fsp3) is 0.143. The minimum atomic E-state index is -0.319. The van der Waals surface area contributed by atoms with Crippen molar-refractivity contribution in [3.63, 3.8) is 0 Å². The van der Waals surface area contributed by atoms with Gasteiger partial charge in [0.25, 0.3) is 0 Å². The highest BCUT2D eigenvalue weighted by Crippen LogP contribution is 2.22. The van der Waals surface area contributed by atoms with Crippen molar-refractivity contribution >= 4 is 17.4 Å². The van der Waals surface area contributed by atoms with Crippen LogP contribution >= 0.6 is 11.8 Å². The number of hydrogen-bond acceptors (Lipinski definition) is 3. The Labute approximate surface area is 110 Å². The zero-order chi connectivity index (χ0) is 12.8. The third-order valence-corrected chi connectivity index (χ3v) is 3.17. The summed E-state index contributed by atoms with van der Waals surface area (Å²) in [7, 11) is 0. The Hall–Kier alpha value is -1.52. The molecule has 0 atom stereocenters. The Kier molecular flexibility index (Phi) is 4.61. The van der Waals surface area contributed by atoms with Crippen LogP contribution in [0.2, 0.25) is 0 Å². The van der Waals surface area contributed by atoms with Crippen LogP contribution in [0.25, 0.3) is 0 Å². The van der Waals surface area contributed by atoms with Gasteiger partial charge >= 0.3 is 0 Å². The summed E-state index contributed by atoms with van der Waals surface area (Å²) in [6.07, 6.45) is 0. The highest BCUT2D eigenvalue weighted by molar-refractivity contribution is 7.99. The first-order valence-corrected chi connectivity index (χ1v) is 6.53. The Morgan fingerprint density at radius 3 is 2.61 bits per heavy atom. The highest BCUT2D eigenvalue weighted by Gasteiger charge is 1.99. The molecule has 4 heteroatoms. The smallest absolute Gasteiger partial charge is 0.126 e. The van der Waals surface area contributed by atoms with Gasteiger partial charge in [-0.05, 0) is 23.8 Å². The Bertz CT molecular complexity index is 484. The lowest BCUT2D eigenvalue weighted by Gasteiger charge is -2.05. The number of anilines is 1. The lowest BCUT2D eigenvalue weighted by Crippen LogP contribution is -1.93. The van der Waals surface area contributed by atoms with Gasteiger partial charge in [-0.15, -0.1) is 0 Å². The van der Waals surface area contributed by atoms with Crippen LogP contribution in [0.15, 0.2) is 53.4 Å². The Morgan fingerprint density at radius 2 is 1.89 bits per heavy atom. The third kappa shape index (κ3) is 4.05. The molecule has 0 amide bonds. The van der Waals surface area contributed by atoms with Gasteiger partial charge in [0, 0.05) is 10.6 Å². The summed E-state index contributed by atoms with van der Waals surface area (Å²) < 4.78 is 18.6. The fourth-order valence-corrected chi connectivity index (χ4v) is 2.23. The summed E-state index contributed by atoms with van der Waals surface area (Å²) in [5.74, 6) is 0.151. The van der Waals surface area contributed by atoms with Crippen molar-refractivity contribution < 1.29 is 9.13 Å². The molecule has 2 nitrogen and oxygen atoms in total. The molecule has 0 saturated carbocycles. The number of nitrogen functional groups attached to an aromatic ring is 1. The van der Waals surface area contributed by atoms with Gasteiger partial charge in [0.1, 0.15) is 5.82 Å². The van der Waals surface area contributed by atoms with E-state index in [0.717, 1.165) is 10.5 Å². The predicted octanol–water partition coefficient (Wildman–Crippen LogP) is 3.67. The van der Waals surface area contributed by atoms with Crippen LogP contribution in [0.4, 0.5) is 10.1 Å². The molecule has 0 aromatic heterocycles. The molecule has 94 valence electrons. The summed E-state index contributed by atoms with van der Waals surface area (Å²) in [6.45, 7) is 0.554. The van der Waals surface area contributed by atoms with Crippen LogP contribution in [0.5, 0.6) is 0 Å². The molecule has 0 saturated heterocycles. The SMILES string of the molecule is Nc1cc(F)cc(SCOCc2ccccc2)c1. The Morgan fingerprint density at radius 1 is 1.11 bits per heavy atom. The van der Waals surface area contributed by atoms with Gasteiger partial charge in [-0.1, -0.05) is 42.1 Å². The van der Waals surface area contributed by atoms with Crippen molar-refractivity contribution in [3.8, 4) is 0 Å². The maximum atomic E-state index is 13.1. The summed E-state index contributed by atoms with van der Waals surface area (Å²) in [4.78, 5) is 0.778. The van der Waals surface area contributed by atoms with Crippen molar-refractivity contribution in [1.29, 1.82) is 0 Å². The van der Waals surface area contributed by atoms with Gasteiger partial charge < -0.3 is 10.5 Å². The van der Waals surface area contributed by atoms with Crippen molar-refractivity contribution in [2.45, 2.75) is 11.5 Å². The monoisotopic (exact) mass is 263 g/mol. The first-order valence-electron chi connectivity index (χ1n) is 5.54. The fourth-order valence-electron chi connectivity index (χ4n) is 1.51. The zero-order valence-electron chi connectivity index (χ0n) is 9.80. The van der Waals surface area contributed by atoms with E-state index in [1.54, 1.807) is 6.07 Å². The number of benzene rings is 2. The second-order valence-electron chi connectivity index (χ2n) is 3.82. The normalized spacial score (nSPS) is 10.5. The van der Waals surface area contributed by atoms with Gasteiger partial charge in [-0.2, -0.15) is 0 Å². The van der Waals surface area contributed by atoms with Crippen LogP contribution in [0.1, 0.15) is 5.56 Å². The summed E-state index contributed by atoms with van der Waals surface area (Å²) in [6, 6.07) is 14.4. The molecule has 0 spiro atoms. The highest BCUT2D eigenvalue weighted by atomic mass is 32.2. The molecule has 2 N–H and O–H groups in total. The Balaban J connectivity index is 1.78. The van der Waals surface area contributed by atoms with Crippen LogP contribution in [0.3, 0.4) is 0 Å². The van der Waals surface area contributed by atoms with E-state index >= 15 is 0 Å². The van der Waals surface area contributed by atoms with Crippen LogP contribution < -0.4 is 5.73 Å². The average molecular weight is 263 g/mol. The first kappa shape index (κ1) is 12.9. The molecule has 2 aromatic carbocycles. The van der Waals surface area contributed by atoms with E-state index in [9.17, 15) is 4.39 Å². The molecule has 0 unspecified atom stereocenters. The van der Waals surface area contributed by atoms with Crippen LogP contribution in [0, 0.1) is 5.82 Å². The molecule has 18 heavy (non-hydrogen) atoms. The van der Waals surface area contributed by atoms with E-state index in [1.165, 1.54) is 23.9 Å². The van der Waals surface area contributed by atoms with E-state index in [2.05, 4.69) is 0 Å². The van der Waals surface area contributed by atoms with Crippen molar-refractivity contribution in [3.05, 3.63) is 59.9 Å². The molecule has 0 bridgehead atoms. The number of hydrogen-bond donors (Lipinski definition) is 1. The molecule has 0 aliphatic heterocycles. The minimum Gasteiger partial charge on any atom is -0.399 e. The molecule has 0 heterocycles. The van der Waals surface area contributed by atoms with Gasteiger partial charge in [0.05, 0.1) is 12.5 Å². The van der Waals surface area contributed by atoms with Crippen LogP contribution in [-0.2, 0) is 11.3 Å². The van der Waals surface area contributed by atoms with Crippen LogP contribution in [-0.4, -0.2) is 5.94 Å². The predicted molar refractivity (Wildman–Crippen MR) is 72.8 cm³/mol. The zero-order valence-corrected chi connectivity index (χ0v) is 10.6. The number of rotatable bonds is 5. The largest absolute Gasteiger partial charge is 0.399 e. The van der Waals surface area contributed by atoms with Gasteiger partial charge in [-0.25, -0.2) is 4.39 Å². The maximum absolute atomic E-state index is 13.1. The average Bonchev–Trinajstić information content (AvgIpc) is 2.35. The summed E-state index contributed by atoms with van der Waals surface area (Å²) >= 11 is 1.43. The maximum Gasteiger partial charge on any atom is 0.126 e. The van der Waals surface area contributed by atoms with Gasteiger partial charge in [0.2, 0.25) is 0 Å². The molecule has 0 fully saturated rings. The second-order valence-corrected chi connectivity index (χ2v) is 4.81. The lowest BCUT2D eigenvalue weighted by atomic mass is 10.2. The lowest BCUT2D eigenvalue weighted by molar-refractivity contribution is 0.169. The quantitative estimate of drug-likeness (QED) is 0.387. The standard InChI is InChI=1S/C14H14FNOS/c15-12-6-13(16)8-14(7-12)18-10-17-9-11-4-2-1-3-5-11/h1-8H,9-10,16H2. The first-order chi connectivity index (χ1) is 8.74. The summed E-state index contributed by atoms with van der Waals surface area (Å²) in [5, 5.41) is 0. The van der Waals surface area contributed by atoms with E-state index in [0.29, 0.717) is 18.2 Å². The molecule has 2 aromatic rings. The molecule has 0 radical (unpaired) electrons. The number of ether oxygens (including phenoxy) is 1. The number of halogens is 1. The second kappa shape index (κ2) is 6.42. The van der Waals surface area contributed by atoms with E-state index < -0.39 is 0 Å². The molecular weight excluding hydrogens is 249 g/mol. The van der Waals surface area contributed by atoms with E-state index in [4.69, 9.17) is 10.5 Å².